The van der Waals surface area contributed by atoms with Gasteiger partial charge in [0, 0.05) is 44.2 Å². The maximum Gasteiger partial charge on any atom is 0.264 e. The Balaban J connectivity index is 1.85. The second-order valence-corrected chi connectivity index (χ2v) is 15.2. The van der Waals surface area contributed by atoms with Crippen molar-refractivity contribution in [1.82, 2.24) is 10.2 Å². The van der Waals surface area contributed by atoms with E-state index in [1.807, 2.05) is 51.1 Å². The van der Waals surface area contributed by atoms with Crippen LogP contribution in [-0.2, 0) is 32.6 Å². The van der Waals surface area contributed by atoms with Crippen molar-refractivity contribution in [2.45, 2.75) is 50.2 Å². The molecule has 242 valence electrons. The number of carbonyl (C=O) groups is 2. The molecule has 46 heavy (non-hydrogen) atoms. The zero-order valence-corrected chi connectivity index (χ0v) is 29.2. The summed E-state index contributed by atoms with van der Waals surface area (Å²) in [5, 5.41) is 4.19. The zero-order chi connectivity index (χ0) is 33.6. The first-order valence-corrected chi connectivity index (χ1v) is 17.2. The van der Waals surface area contributed by atoms with E-state index in [0.29, 0.717) is 20.6 Å². The van der Waals surface area contributed by atoms with E-state index in [1.54, 1.807) is 30.3 Å². The highest BCUT2D eigenvalue weighted by molar-refractivity contribution is 7.92. The molecule has 4 aromatic carbocycles. The molecule has 0 aromatic heterocycles. The Bertz CT molecular complexity index is 1780. The number of hydrogen-bond acceptors (Lipinski definition) is 4. The maximum atomic E-state index is 14.6. The molecule has 4 aromatic rings. The van der Waals surface area contributed by atoms with Gasteiger partial charge >= 0.3 is 0 Å². The summed E-state index contributed by atoms with van der Waals surface area (Å²) in [4.78, 5) is 29.8. The van der Waals surface area contributed by atoms with Gasteiger partial charge in [0.25, 0.3) is 10.0 Å². The number of anilines is 1. The van der Waals surface area contributed by atoms with E-state index < -0.39 is 40.0 Å². The Morgan fingerprint density at radius 1 is 0.783 bits per heavy atom. The Hall–Kier alpha value is -3.27. The molecule has 0 spiro atoms. The van der Waals surface area contributed by atoms with E-state index in [2.05, 4.69) is 5.32 Å². The van der Waals surface area contributed by atoms with Gasteiger partial charge in [0.15, 0.2) is 0 Å². The SMILES string of the molecule is CC(C)(C)NC(=O)[C@H](Cc1ccccc1)N(Cc1c(Cl)cccc1Cl)C(=O)CN(c1cccc(Cl)c1)S(=O)(=O)c1ccc(Cl)cc1. The molecule has 2 amide bonds. The molecule has 0 fully saturated rings. The molecule has 0 heterocycles. The minimum atomic E-state index is -4.32. The zero-order valence-electron chi connectivity index (χ0n) is 25.4. The lowest BCUT2D eigenvalue weighted by Crippen LogP contribution is -2.56. The molecule has 1 N–H and O–H groups in total. The number of sulfonamides is 1. The summed E-state index contributed by atoms with van der Waals surface area (Å²) in [6.45, 7) is 4.67. The Labute approximate surface area is 290 Å². The van der Waals surface area contributed by atoms with Gasteiger partial charge in [0.05, 0.1) is 10.6 Å². The molecular formula is C34H33Cl4N3O4S. The van der Waals surface area contributed by atoms with Gasteiger partial charge < -0.3 is 10.2 Å². The highest BCUT2D eigenvalue weighted by Crippen LogP contribution is 2.30. The first-order valence-electron chi connectivity index (χ1n) is 14.3. The number of amides is 2. The molecular weight excluding hydrogens is 688 g/mol. The van der Waals surface area contributed by atoms with Crippen LogP contribution < -0.4 is 9.62 Å². The molecule has 1 atom stereocenters. The van der Waals surface area contributed by atoms with E-state index in [9.17, 15) is 18.0 Å². The first-order chi connectivity index (χ1) is 21.7. The Morgan fingerprint density at radius 3 is 1.98 bits per heavy atom. The van der Waals surface area contributed by atoms with Gasteiger partial charge in [0.2, 0.25) is 11.8 Å². The second-order valence-electron chi connectivity index (χ2n) is 11.6. The standard InChI is InChI=1S/C34H33Cl4N3O4S/c1-34(2,3)39-33(43)31(19-23-9-5-4-6-10-23)40(21-28-29(37)13-8-14-30(28)38)32(42)22-41(26-12-7-11-25(36)20-26)46(44,45)27-17-15-24(35)16-18-27/h4-18,20,31H,19,21-22H2,1-3H3,(H,39,43)/t31-/m0/s1. The number of hydrogen-bond donors (Lipinski definition) is 1. The van der Waals surface area contributed by atoms with Gasteiger partial charge in [-0.3, -0.25) is 13.9 Å². The fourth-order valence-electron chi connectivity index (χ4n) is 4.75. The highest BCUT2D eigenvalue weighted by Gasteiger charge is 2.36. The predicted molar refractivity (Wildman–Crippen MR) is 186 cm³/mol. The third kappa shape index (κ3) is 9.17. The van der Waals surface area contributed by atoms with Crippen LogP contribution in [-0.4, -0.2) is 43.3 Å². The van der Waals surface area contributed by atoms with Crippen LogP contribution in [0, 0.1) is 0 Å². The second kappa shape index (κ2) is 15.1. The van der Waals surface area contributed by atoms with Crippen molar-refractivity contribution in [2.75, 3.05) is 10.8 Å². The average Bonchev–Trinajstić information content (AvgIpc) is 2.98. The van der Waals surface area contributed by atoms with Crippen molar-refractivity contribution in [1.29, 1.82) is 0 Å². The average molecular weight is 722 g/mol. The summed E-state index contributed by atoms with van der Waals surface area (Å²) < 4.78 is 29.2. The van der Waals surface area contributed by atoms with Gasteiger partial charge in [-0.05, 0) is 80.9 Å². The number of halogens is 4. The van der Waals surface area contributed by atoms with Crippen molar-refractivity contribution < 1.29 is 18.0 Å². The lowest BCUT2D eigenvalue weighted by molar-refractivity contribution is -0.140. The molecule has 7 nitrogen and oxygen atoms in total. The molecule has 0 aliphatic heterocycles. The van der Waals surface area contributed by atoms with Crippen LogP contribution in [0.5, 0.6) is 0 Å². The molecule has 0 aliphatic carbocycles. The summed E-state index contributed by atoms with van der Waals surface area (Å²) in [7, 11) is -4.32. The number of carbonyl (C=O) groups excluding carboxylic acids is 2. The van der Waals surface area contributed by atoms with Crippen molar-refractivity contribution in [2.24, 2.45) is 0 Å². The highest BCUT2D eigenvalue weighted by atomic mass is 35.5. The summed E-state index contributed by atoms with van der Waals surface area (Å²) in [5.41, 5.74) is 0.731. The lowest BCUT2D eigenvalue weighted by atomic mass is 10.0. The first kappa shape index (κ1) is 35.6. The Morgan fingerprint density at radius 2 is 1.39 bits per heavy atom. The summed E-state index contributed by atoms with van der Waals surface area (Å²) in [6.07, 6.45) is 0.137. The fourth-order valence-corrected chi connectivity index (χ4v) is 6.99. The van der Waals surface area contributed by atoms with Gasteiger partial charge in [-0.15, -0.1) is 0 Å². The Kier molecular flexibility index (Phi) is 11.7. The van der Waals surface area contributed by atoms with E-state index in [-0.39, 0.29) is 28.6 Å². The van der Waals surface area contributed by atoms with Gasteiger partial charge in [-0.2, -0.15) is 0 Å². The molecule has 0 radical (unpaired) electrons. The summed E-state index contributed by atoms with van der Waals surface area (Å²) in [5.74, 6) is -1.10. The molecule has 0 unspecified atom stereocenters. The van der Waals surface area contributed by atoms with Crippen LogP contribution in [0.4, 0.5) is 5.69 Å². The third-order valence-electron chi connectivity index (χ3n) is 6.94. The van der Waals surface area contributed by atoms with E-state index in [0.717, 1.165) is 9.87 Å². The van der Waals surface area contributed by atoms with Crippen molar-refractivity contribution in [3.63, 3.8) is 0 Å². The lowest BCUT2D eigenvalue weighted by Gasteiger charge is -2.35. The van der Waals surface area contributed by atoms with Gasteiger partial charge in [0.1, 0.15) is 12.6 Å². The summed E-state index contributed by atoms with van der Waals surface area (Å²) >= 11 is 25.4. The van der Waals surface area contributed by atoms with Crippen molar-refractivity contribution in [3.05, 3.63) is 128 Å². The van der Waals surface area contributed by atoms with Crippen LogP contribution in [0.3, 0.4) is 0 Å². The predicted octanol–water partition coefficient (Wildman–Crippen LogP) is 8.05. The molecule has 0 saturated heterocycles. The topological polar surface area (TPSA) is 86.8 Å². The number of nitrogens with zero attached hydrogens (tertiary/aromatic N) is 2. The van der Waals surface area contributed by atoms with Crippen molar-refractivity contribution in [3.8, 4) is 0 Å². The minimum absolute atomic E-state index is 0.0864. The van der Waals surface area contributed by atoms with Gasteiger partial charge in [-0.1, -0.05) is 88.9 Å². The van der Waals surface area contributed by atoms with Crippen LogP contribution in [0.1, 0.15) is 31.9 Å². The van der Waals surface area contributed by atoms with E-state index >= 15 is 0 Å². The smallest absolute Gasteiger partial charge is 0.264 e. The van der Waals surface area contributed by atoms with Crippen LogP contribution in [0.2, 0.25) is 20.1 Å². The van der Waals surface area contributed by atoms with Crippen molar-refractivity contribution >= 4 is 73.9 Å². The number of benzene rings is 4. The molecule has 12 heteroatoms. The van der Waals surface area contributed by atoms with Gasteiger partial charge in [-0.25, -0.2) is 8.42 Å². The monoisotopic (exact) mass is 719 g/mol. The van der Waals surface area contributed by atoms with E-state index in [1.165, 1.54) is 41.3 Å². The quantitative estimate of drug-likeness (QED) is 0.170. The minimum Gasteiger partial charge on any atom is -0.350 e. The molecule has 0 bridgehead atoms. The number of nitrogens with one attached hydrogen (secondary N) is 1. The normalized spacial score (nSPS) is 12.3. The molecule has 0 aliphatic rings. The molecule has 0 saturated carbocycles. The summed E-state index contributed by atoms with van der Waals surface area (Å²) in [6, 6.07) is 24.9. The van der Waals surface area contributed by atoms with E-state index in [4.69, 9.17) is 46.4 Å². The van der Waals surface area contributed by atoms with Crippen LogP contribution in [0.15, 0.2) is 102 Å². The largest absolute Gasteiger partial charge is 0.350 e. The maximum absolute atomic E-state index is 14.6. The van der Waals surface area contributed by atoms with Crippen LogP contribution in [0.25, 0.3) is 0 Å². The van der Waals surface area contributed by atoms with Crippen LogP contribution >= 0.6 is 46.4 Å². The third-order valence-corrected chi connectivity index (χ3v) is 9.92. The molecule has 4 rings (SSSR count). The number of rotatable bonds is 11. The fraction of sp³-hybridized carbons (Fsp3) is 0.235.